The number of sulfonamides is 1. The molecular weight excluding hydrogens is 397 g/mol. The van der Waals surface area contributed by atoms with Crippen molar-refractivity contribution in [2.75, 3.05) is 6.54 Å². The summed E-state index contributed by atoms with van der Waals surface area (Å²) in [6.45, 7) is 2.07. The summed E-state index contributed by atoms with van der Waals surface area (Å²) in [4.78, 5) is 16.5. The Labute approximate surface area is 167 Å². The fraction of sp³-hybridized carbons (Fsp3) is 0.211. The first-order valence-corrected chi connectivity index (χ1v) is 10.4. The van der Waals surface area contributed by atoms with E-state index in [-0.39, 0.29) is 23.5 Å². The second-order valence-corrected chi connectivity index (χ2v) is 7.96. The Kier molecular flexibility index (Phi) is 6.35. The van der Waals surface area contributed by atoms with Crippen LogP contribution in [0.1, 0.15) is 28.9 Å². The van der Waals surface area contributed by atoms with Crippen LogP contribution in [-0.4, -0.2) is 35.6 Å². The fourth-order valence-electron chi connectivity index (χ4n) is 2.79. The first-order chi connectivity index (χ1) is 13.9. The smallest absolute Gasteiger partial charge is 0.254 e. The molecule has 29 heavy (non-hydrogen) atoms. The molecular formula is C19H20FN5O3S. The topological polar surface area (TPSA) is 106 Å². The molecule has 1 amide bonds. The second-order valence-electron chi connectivity index (χ2n) is 6.20. The number of rotatable bonds is 8. The van der Waals surface area contributed by atoms with E-state index in [1.807, 2.05) is 30.3 Å². The van der Waals surface area contributed by atoms with Crippen LogP contribution in [-0.2, 0) is 16.6 Å². The van der Waals surface area contributed by atoms with Crippen LogP contribution in [0.5, 0.6) is 0 Å². The summed E-state index contributed by atoms with van der Waals surface area (Å²) < 4.78 is 42.6. The van der Waals surface area contributed by atoms with Gasteiger partial charge >= 0.3 is 0 Å². The van der Waals surface area contributed by atoms with Crippen molar-refractivity contribution in [1.82, 2.24) is 24.8 Å². The van der Waals surface area contributed by atoms with Crippen LogP contribution in [0, 0.1) is 5.82 Å². The molecule has 1 aromatic heterocycles. The molecule has 1 unspecified atom stereocenters. The normalized spacial score (nSPS) is 12.5. The van der Waals surface area contributed by atoms with Crippen LogP contribution in [0.25, 0.3) is 0 Å². The van der Waals surface area contributed by atoms with E-state index in [1.54, 1.807) is 11.6 Å². The molecule has 0 bridgehead atoms. The summed E-state index contributed by atoms with van der Waals surface area (Å²) in [6, 6.07) is 11.7. The van der Waals surface area contributed by atoms with E-state index in [0.29, 0.717) is 0 Å². The molecule has 2 aromatic carbocycles. The zero-order chi connectivity index (χ0) is 20.9. The summed E-state index contributed by atoms with van der Waals surface area (Å²) in [5, 5.41) is 6.80. The van der Waals surface area contributed by atoms with Gasteiger partial charge in [-0.3, -0.25) is 9.48 Å². The minimum Gasteiger partial charge on any atom is -0.343 e. The standard InChI is InChI=1S/C19H20FN5O3S/c1-2-23-29(27,28)15-8-9-17(20)16(10-15)19(26)24-18(11-25-13-21-12-22-25)14-6-4-3-5-7-14/h3-10,12-13,18,23H,2,11H2,1H3,(H,24,26). The lowest BCUT2D eigenvalue weighted by Gasteiger charge is -2.19. The summed E-state index contributed by atoms with van der Waals surface area (Å²) in [6.07, 6.45) is 2.88. The Balaban J connectivity index is 1.90. The largest absolute Gasteiger partial charge is 0.343 e. The average Bonchev–Trinajstić information content (AvgIpc) is 3.21. The first-order valence-electron chi connectivity index (χ1n) is 8.88. The van der Waals surface area contributed by atoms with Crippen LogP contribution in [0.15, 0.2) is 66.1 Å². The summed E-state index contributed by atoms with van der Waals surface area (Å²) >= 11 is 0. The van der Waals surface area contributed by atoms with Crippen LogP contribution < -0.4 is 10.0 Å². The molecule has 8 nitrogen and oxygen atoms in total. The zero-order valence-electron chi connectivity index (χ0n) is 15.6. The lowest BCUT2D eigenvalue weighted by molar-refractivity contribution is 0.0927. The maximum absolute atomic E-state index is 14.3. The maximum atomic E-state index is 14.3. The third kappa shape index (κ3) is 5.04. The van der Waals surface area contributed by atoms with Crippen LogP contribution in [0.3, 0.4) is 0 Å². The number of aromatic nitrogens is 3. The van der Waals surface area contributed by atoms with Crippen molar-refractivity contribution in [2.24, 2.45) is 0 Å². The highest BCUT2D eigenvalue weighted by atomic mass is 32.2. The molecule has 1 heterocycles. The van der Waals surface area contributed by atoms with Crippen molar-refractivity contribution in [3.05, 3.63) is 78.1 Å². The lowest BCUT2D eigenvalue weighted by Crippen LogP contribution is -2.32. The van der Waals surface area contributed by atoms with Gasteiger partial charge in [0.1, 0.15) is 18.5 Å². The number of hydrogen-bond acceptors (Lipinski definition) is 5. The minimum atomic E-state index is -3.82. The average molecular weight is 417 g/mol. The third-order valence-electron chi connectivity index (χ3n) is 4.17. The number of nitrogens with one attached hydrogen (secondary N) is 2. The number of nitrogens with zero attached hydrogens (tertiary/aromatic N) is 3. The number of carbonyl (C=O) groups is 1. The number of hydrogen-bond donors (Lipinski definition) is 2. The molecule has 0 aliphatic carbocycles. The van der Waals surface area contributed by atoms with Crippen molar-refractivity contribution >= 4 is 15.9 Å². The van der Waals surface area contributed by atoms with Gasteiger partial charge in [0, 0.05) is 6.54 Å². The van der Waals surface area contributed by atoms with Gasteiger partial charge in [-0.25, -0.2) is 22.5 Å². The molecule has 0 radical (unpaired) electrons. The number of benzene rings is 2. The molecule has 1 atom stereocenters. The van der Waals surface area contributed by atoms with Crippen molar-refractivity contribution in [2.45, 2.75) is 24.4 Å². The van der Waals surface area contributed by atoms with Crippen LogP contribution >= 0.6 is 0 Å². The van der Waals surface area contributed by atoms with Crippen molar-refractivity contribution in [3.63, 3.8) is 0 Å². The number of amides is 1. The maximum Gasteiger partial charge on any atom is 0.254 e. The second kappa shape index (κ2) is 8.93. The molecule has 3 aromatic rings. The van der Waals surface area contributed by atoms with Crippen LogP contribution in [0.4, 0.5) is 4.39 Å². The monoisotopic (exact) mass is 417 g/mol. The van der Waals surface area contributed by atoms with Crippen molar-refractivity contribution < 1.29 is 17.6 Å². The molecule has 0 saturated heterocycles. The molecule has 0 fully saturated rings. The van der Waals surface area contributed by atoms with E-state index < -0.39 is 27.8 Å². The van der Waals surface area contributed by atoms with Gasteiger partial charge in [-0.05, 0) is 23.8 Å². The molecule has 3 rings (SSSR count). The summed E-state index contributed by atoms with van der Waals surface area (Å²) in [5.41, 5.74) is 0.427. The fourth-order valence-corrected chi connectivity index (χ4v) is 3.86. The molecule has 0 spiro atoms. The Bertz CT molecular complexity index is 1070. The molecule has 10 heteroatoms. The first kappa shape index (κ1) is 20.6. The molecule has 0 aliphatic heterocycles. The van der Waals surface area contributed by atoms with Crippen molar-refractivity contribution in [1.29, 1.82) is 0 Å². The van der Waals surface area contributed by atoms with Crippen molar-refractivity contribution in [3.8, 4) is 0 Å². The van der Waals surface area contributed by atoms with E-state index in [0.717, 1.165) is 23.8 Å². The van der Waals surface area contributed by atoms with E-state index in [4.69, 9.17) is 0 Å². The number of carbonyl (C=O) groups excluding carboxylic acids is 1. The zero-order valence-corrected chi connectivity index (χ0v) is 16.4. The Morgan fingerprint density at radius 3 is 2.62 bits per heavy atom. The molecule has 2 N–H and O–H groups in total. The predicted octanol–water partition coefficient (Wildman–Crippen LogP) is 1.89. The van der Waals surface area contributed by atoms with Gasteiger partial charge < -0.3 is 5.32 Å². The Morgan fingerprint density at radius 1 is 1.21 bits per heavy atom. The highest BCUT2D eigenvalue weighted by Crippen LogP contribution is 2.19. The van der Waals surface area contributed by atoms with E-state index >= 15 is 0 Å². The quantitative estimate of drug-likeness (QED) is 0.582. The summed E-state index contributed by atoms with van der Waals surface area (Å²) in [7, 11) is -3.82. The van der Waals surface area contributed by atoms with Gasteiger partial charge in [0.25, 0.3) is 5.91 Å². The van der Waals surface area contributed by atoms with Gasteiger partial charge in [0.2, 0.25) is 10.0 Å². The number of halogens is 1. The molecule has 0 aliphatic rings. The SMILES string of the molecule is CCNS(=O)(=O)c1ccc(F)c(C(=O)NC(Cn2cncn2)c2ccccc2)c1. The van der Waals surface area contributed by atoms with Crippen LogP contribution in [0.2, 0.25) is 0 Å². The van der Waals surface area contributed by atoms with Gasteiger partial charge in [-0.15, -0.1) is 0 Å². The van der Waals surface area contributed by atoms with E-state index in [9.17, 15) is 17.6 Å². The lowest BCUT2D eigenvalue weighted by atomic mass is 10.1. The van der Waals surface area contributed by atoms with Gasteiger partial charge in [0.15, 0.2) is 0 Å². The van der Waals surface area contributed by atoms with E-state index in [2.05, 4.69) is 20.1 Å². The third-order valence-corrected chi connectivity index (χ3v) is 5.71. The Morgan fingerprint density at radius 2 is 1.97 bits per heavy atom. The highest BCUT2D eigenvalue weighted by molar-refractivity contribution is 7.89. The van der Waals surface area contributed by atoms with Gasteiger partial charge in [-0.2, -0.15) is 5.10 Å². The molecule has 0 saturated carbocycles. The Hall–Kier alpha value is -3.11. The molecule has 152 valence electrons. The van der Waals surface area contributed by atoms with Gasteiger partial charge in [0.05, 0.1) is 23.0 Å². The highest BCUT2D eigenvalue weighted by Gasteiger charge is 2.22. The summed E-state index contributed by atoms with van der Waals surface area (Å²) in [5.74, 6) is -1.55. The predicted molar refractivity (Wildman–Crippen MR) is 104 cm³/mol. The minimum absolute atomic E-state index is 0.176. The van der Waals surface area contributed by atoms with E-state index in [1.165, 1.54) is 12.7 Å². The van der Waals surface area contributed by atoms with Gasteiger partial charge in [-0.1, -0.05) is 37.3 Å².